The maximum absolute atomic E-state index is 7.65. The number of nitrogens with two attached hydrogens (primary N) is 1. The van der Waals surface area contributed by atoms with Crippen LogP contribution in [0.15, 0.2) is 24.3 Å². The summed E-state index contributed by atoms with van der Waals surface area (Å²) in [5, 5.41) is 7.65. The number of rotatable bonds is 4. The summed E-state index contributed by atoms with van der Waals surface area (Å²) < 4.78 is 0. The topological polar surface area (TPSA) is 53.1 Å². The summed E-state index contributed by atoms with van der Waals surface area (Å²) in [5.41, 5.74) is 7.69. The predicted octanol–water partition coefficient (Wildman–Crippen LogP) is 2.98. The van der Waals surface area contributed by atoms with E-state index in [9.17, 15) is 0 Å². The van der Waals surface area contributed by atoms with Gasteiger partial charge in [0.05, 0.1) is 0 Å². The molecule has 1 fully saturated rings. The molecule has 0 unspecified atom stereocenters. The van der Waals surface area contributed by atoms with Gasteiger partial charge in [0.1, 0.15) is 5.84 Å². The first-order chi connectivity index (χ1) is 9.08. The van der Waals surface area contributed by atoms with Gasteiger partial charge in [-0.1, -0.05) is 31.2 Å². The van der Waals surface area contributed by atoms with Crippen molar-refractivity contribution in [1.29, 1.82) is 5.41 Å². The molecule has 0 spiro atoms. The number of hydrogen-bond acceptors (Lipinski definition) is 2. The lowest BCUT2D eigenvalue weighted by molar-refractivity contribution is 0.164. The first-order valence-electron chi connectivity index (χ1n) is 7.20. The SMILES string of the molecule is CC1CCC(N(C)Cc2ccccc2C(=N)N)CC1. The third-order valence-electron chi connectivity index (χ3n) is 4.34. The summed E-state index contributed by atoms with van der Waals surface area (Å²) in [5.74, 6) is 1.05. The van der Waals surface area contributed by atoms with E-state index in [-0.39, 0.29) is 5.84 Å². The lowest BCUT2D eigenvalue weighted by atomic mass is 9.86. The second-order valence-corrected chi connectivity index (χ2v) is 5.90. The van der Waals surface area contributed by atoms with Crippen molar-refractivity contribution in [2.45, 2.75) is 45.2 Å². The molecule has 0 saturated heterocycles. The van der Waals surface area contributed by atoms with Crippen LogP contribution in [0.1, 0.15) is 43.7 Å². The van der Waals surface area contributed by atoms with E-state index in [0.717, 1.165) is 23.6 Å². The average Bonchev–Trinajstić information content (AvgIpc) is 2.39. The van der Waals surface area contributed by atoms with E-state index in [1.807, 2.05) is 18.2 Å². The van der Waals surface area contributed by atoms with Gasteiger partial charge in [-0.2, -0.15) is 0 Å². The van der Waals surface area contributed by atoms with Crippen molar-refractivity contribution < 1.29 is 0 Å². The van der Waals surface area contributed by atoms with Gasteiger partial charge in [0, 0.05) is 18.2 Å². The van der Waals surface area contributed by atoms with Crippen LogP contribution >= 0.6 is 0 Å². The predicted molar refractivity (Wildman–Crippen MR) is 80.3 cm³/mol. The highest BCUT2D eigenvalue weighted by molar-refractivity contribution is 5.96. The molecule has 0 bridgehead atoms. The second kappa shape index (κ2) is 6.20. The third-order valence-corrected chi connectivity index (χ3v) is 4.34. The van der Waals surface area contributed by atoms with Crippen molar-refractivity contribution >= 4 is 5.84 Å². The van der Waals surface area contributed by atoms with Crippen LogP contribution in [0.4, 0.5) is 0 Å². The van der Waals surface area contributed by atoms with E-state index < -0.39 is 0 Å². The van der Waals surface area contributed by atoms with Crippen molar-refractivity contribution in [2.24, 2.45) is 11.7 Å². The van der Waals surface area contributed by atoms with Crippen molar-refractivity contribution in [2.75, 3.05) is 7.05 Å². The Kier molecular flexibility index (Phi) is 4.59. The maximum Gasteiger partial charge on any atom is 0.123 e. The highest BCUT2D eigenvalue weighted by Gasteiger charge is 2.22. The molecule has 1 aromatic carbocycles. The first kappa shape index (κ1) is 14.1. The number of amidine groups is 1. The molecule has 1 aliphatic carbocycles. The summed E-state index contributed by atoms with van der Waals surface area (Å²) >= 11 is 0. The van der Waals surface area contributed by atoms with Gasteiger partial charge in [0.25, 0.3) is 0 Å². The Morgan fingerprint density at radius 2 is 1.89 bits per heavy atom. The highest BCUT2D eigenvalue weighted by Crippen LogP contribution is 2.27. The summed E-state index contributed by atoms with van der Waals surface area (Å²) in [6, 6.07) is 8.67. The smallest absolute Gasteiger partial charge is 0.123 e. The molecule has 104 valence electrons. The van der Waals surface area contributed by atoms with Gasteiger partial charge >= 0.3 is 0 Å². The van der Waals surface area contributed by atoms with E-state index in [2.05, 4.69) is 24.9 Å². The van der Waals surface area contributed by atoms with E-state index in [1.54, 1.807) is 0 Å². The van der Waals surface area contributed by atoms with Crippen LogP contribution in [0.2, 0.25) is 0 Å². The van der Waals surface area contributed by atoms with Gasteiger partial charge in [-0.05, 0) is 44.2 Å². The zero-order valence-electron chi connectivity index (χ0n) is 12.0. The summed E-state index contributed by atoms with van der Waals surface area (Å²) in [7, 11) is 2.19. The monoisotopic (exact) mass is 259 g/mol. The Labute approximate surface area is 116 Å². The largest absolute Gasteiger partial charge is 0.384 e. The third kappa shape index (κ3) is 3.57. The normalized spacial score (nSPS) is 23.5. The molecule has 0 atom stereocenters. The van der Waals surface area contributed by atoms with E-state index in [0.29, 0.717) is 6.04 Å². The minimum Gasteiger partial charge on any atom is -0.384 e. The zero-order valence-corrected chi connectivity index (χ0v) is 12.0. The summed E-state index contributed by atoms with van der Waals surface area (Å²) in [6.45, 7) is 3.23. The second-order valence-electron chi connectivity index (χ2n) is 5.90. The van der Waals surface area contributed by atoms with Gasteiger partial charge in [0.15, 0.2) is 0 Å². The zero-order chi connectivity index (χ0) is 13.8. The molecule has 0 radical (unpaired) electrons. The van der Waals surface area contributed by atoms with E-state index in [1.165, 1.54) is 25.7 Å². The molecule has 1 saturated carbocycles. The molecule has 3 nitrogen and oxygen atoms in total. The molecular weight excluding hydrogens is 234 g/mol. The van der Waals surface area contributed by atoms with Crippen LogP contribution in [0.25, 0.3) is 0 Å². The van der Waals surface area contributed by atoms with Crippen LogP contribution in [-0.2, 0) is 6.54 Å². The fourth-order valence-corrected chi connectivity index (χ4v) is 3.00. The number of nitrogens with one attached hydrogen (secondary N) is 1. The van der Waals surface area contributed by atoms with Crippen LogP contribution in [-0.4, -0.2) is 23.8 Å². The minimum absolute atomic E-state index is 0.168. The van der Waals surface area contributed by atoms with Gasteiger partial charge in [-0.25, -0.2) is 0 Å². The minimum atomic E-state index is 0.168. The Morgan fingerprint density at radius 1 is 1.26 bits per heavy atom. The van der Waals surface area contributed by atoms with Gasteiger partial charge in [-0.3, -0.25) is 10.3 Å². The molecule has 0 aliphatic heterocycles. The fourth-order valence-electron chi connectivity index (χ4n) is 3.00. The van der Waals surface area contributed by atoms with Crippen LogP contribution in [0.3, 0.4) is 0 Å². The number of benzene rings is 1. The first-order valence-corrected chi connectivity index (χ1v) is 7.20. The summed E-state index contributed by atoms with van der Waals surface area (Å²) in [4.78, 5) is 2.42. The quantitative estimate of drug-likeness (QED) is 0.645. The Morgan fingerprint density at radius 3 is 2.53 bits per heavy atom. The van der Waals surface area contributed by atoms with Crippen LogP contribution < -0.4 is 5.73 Å². The Bertz CT molecular complexity index is 433. The molecule has 3 heteroatoms. The molecular formula is C16H25N3. The van der Waals surface area contributed by atoms with E-state index in [4.69, 9.17) is 11.1 Å². The molecule has 2 rings (SSSR count). The van der Waals surface area contributed by atoms with Gasteiger partial charge in [0.2, 0.25) is 0 Å². The molecule has 19 heavy (non-hydrogen) atoms. The van der Waals surface area contributed by atoms with Crippen LogP contribution in [0, 0.1) is 11.3 Å². The van der Waals surface area contributed by atoms with Crippen molar-refractivity contribution in [3.05, 3.63) is 35.4 Å². The number of hydrogen-bond donors (Lipinski definition) is 2. The van der Waals surface area contributed by atoms with E-state index >= 15 is 0 Å². The van der Waals surface area contributed by atoms with Crippen molar-refractivity contribution in [3.63, 3.8) is 0 Å². The lowest BCUT2D eigenvalue weighted by Gasteiger charge is -2.34. The molecule has 1 aromatic rings. The summed E-state index contributed by atoms with van der Waals surface area (Å²) in [6.07, 6.45) is 5.26. The van der Waals surface area contributed by atoms with Crippen molar-refractivity contribution in [1.82, 2.24) is 4.90 Å². The average molecular weight is 259 g/mol. The standard InChI is InChI=1S/C16H25N3/c1-12-7-9-14(10-8-12)19(2)11-13-5-3-4-6-15(13)16(17)18/h3-6,12,14H,7-11H2,1-2H3,(H3,17,18). The van der Waals surface area contributed by atoms with Gasteiger partial charge < -0.3 is 5.73 Å². The lowest BCUT2D eigenvalue weighted by Crippen LogP contribution is -2.34. The molecule has 1 aliphatic rings. The molecule has 0 amide bonds. The Hall–Kier alpha value is -1.35. The molecule has 3 N–H and O–H groups in total. The Balaban J connectivity index is 2.02. The fraction of sp³-hybridized carbons (Fsp3) is 0.562. The number of nitrogen functional groups attached to an aromatic ring is 1. The van der Waals surface area contributed by atoms with Crippen LogP contribution in [0.5, 0.6) is 0 Å². The maximum atomic E-state index is 7.65. The number of nitrogens with zero attached hydrogens (tertiary/aromatic N) is 1. The van der Waals surface area contributed by atoms with Gasteiger partial charge in [-0.15, -0.1) is 0 Å². The molecule has 0 heterocycles. The highest BCUT2D eigenvalue weighted by atomic mass is 15.1. The van der Waals surface area contributed by atoms with Crippen molar-refractivity contribution in [3.8, 4) is 0 Å². The molecule has 0 aromatic heterocycles.